The molecule has 0 saturated carbocycles. The predicted octanol–water partition coefficient (Wildman–Crippen LogP) is 2.63. The largest absolute Gasteiger partial charge is 0.512 e. The number of aliphatic hydroxyl groups is 3. The van der Waals surface area contributed by atoms with Crippen LogP contribution in [-0.4, -0.2) is 55.7 Å². The number of aromatic hydroxyl groups is 1. The molecule has 8 nitrogen and oxygen atoms in total. The molecule has 0 spiro atoms. The van der Waals surface area contributed by atoms with Gasteiger partial charge in [-0.3, -0.25) is 14.5 Å². The molecule has 0 bridgehead atoms. The molecule has 1 fully saturated rings. The highest BCUT2D eigenvalue weighted by Gasteiger charge is 2.55. The van der Waals surface area contributed by atoms with E-state index < -0.39 is 23.2 Å². The fourth-order valence-corrected chi connectivity index (χ4v) is 6.81. The molecule has 3 aliphatic carbocycles. The Bertz CT molecular complexity index is 1130. The van der Waals surface area contributed by atoms with Crippen LogP contribution in [0.5, 0.6) is 5.75 Å². The molecule has 1 heterocycles. The van der Waals surface area contributed by atoms with Crippen molar-refractivity contribution < 1.29 is 30.0 Å². The minimum Gasteiger partial charge on any atom is -0.512 e. The number of primary amides is 1. The maximum Gasteiger partial charge on any atom is 0.250 e. The first-order chi connectivity index (χ1) is 16.1. The van der Waals surface area contributed by atoms with Gasteiger partial charge in [0.25, 0.3) is 5.91 Å². The van der Waals surface area contributed by atoms with Crippen molar-refractivity contribution in [2.45, 2.75) is 57.6 Å². The molecule has 5 rings (SSSR count). The first-order valence-electron chi connectivity index (χ1n) is 12.1. The molecule has 1 aromatic carbocycles. The van der Waals surface area contributed by atoms with E-state index in [1.165, 1.54) is 13.3 Å². The van der Waals surface area contributed by atoms with E-state index in [1.54, 1.807) is 0 Å². The Morgan fingerprint density at radius 3 is 2.53 bits per heavy atom. The Morgan fingerprint density at radius 1 is 1.15 bits per heavy atom. The predicted molar refractivity (Wildman–Crippen MR) is 124 cm³/mol. The lowest BCUT2D eigenvalue weighted by Crippen LogP contribution is -2.52. The second kappa shape index (κ2) is 8.13. The van der Waals surface area contributed by atoms with Crippen LogP contribution in [0.2, 0.25) is 0 Å². The number of Topliss-reactive ketones (excluding diaryl/α,β-unsaturated/α-hetero) is 1. The van der Waals surface area contributed by atoms with Crippen molar-refractivity contribution in [3.05, 3.63) is 51.5 Å². The van der Waals surface area contributed by atoms with Crippen molar-refractivity contribution in [3.63, 3.8) is 0 Å². The SMILES string of the molecule is CC1(O)C(C(N)=O)=C(O)CC2CC3Cc4ccc(CN5CCCCC5)c(O)c4C(=O)C3=C(O)C21. The lowest BCUT2D eigenvalue weighted by molar-refractivity contribution is -0.119. The summed E-state index contributed by atoms with van der Waals surface area (Å²) in [4.78, 5) is 27.9. The number of phenolic OH excluding ortho intramolecular Hbond substituents is 1. The van der Waals surface area contributed by atoms with Gasteiger partial charge in [0.1, 0.15) is 22.9 Å². The van der Waals surface area contributed by atoms with Gasteiger partial charge in [0.05, 0.1) is 17.1 Å². The van der Waals surface area contributed by atoms with Gasteiger partial charge in [-0.25, -0.2) is 0 Å². The molecule has 4 atom stereocenters. The van der Waals surface area contributed by atoms with Crippen molar-refractivity contribution in [1.82, 2.24) is 4.90 Å². The van der Waals surface area contributed by atoms with Crippen molar-refractivity contribution >= 4 is 11.7 Å². The van der Waals surface area contributed by atoms with Crippen LogP contribution >= 0.6 is 0 Å². The molecular formula is C26H32N2O6. The Balaban J connectivity index is 1.54. The molecule has 4 unspecified atom stereocenters. The Hall–Kier alpha value is -2.84. The summed E-state index contributed by atoms with van der Waals surface area (Å²) < 4.78 is 0. The number of rotatable bonds is 3. The zero-order chi connectivity index (χ0) is 24.4. The number of ketones is 1. The van der Waals surface area contributed by atoms with Crippen molar-refractivity contribution in [3.8, 4) is 5.75 Å². The monoisotopic (exact) mass is 468 g/mol. The lowest BCUT2D eigenvalue weighted by atomic mass is 9.58. The molecule has 0 aromatic heterocycles. The summed E-state index contributed by atoms with van der Waals surface area (Å²) in [7, 11) is 0. The summed E-state index contributed by atoms with van der Waals surface area (Å²) in [6.45, 7) is 3.82. The number of carbonyl (C=O) groups is 2. The van der Waals surface area contributed by atoms with Gasteiger partial charge in [-0.15, -0.1) is 0 Å². The maximum atomic E-state index is 13.7. The third-order valence-electron chi connectivity index (χ3n) is 8.27. The maximum absolute atomic E-state index is 13.7. The fraction of sp³-hybridized carbons (Fsp3) is 0.538. The van der Waals surface area contributed by atoms with E-state index in [9.17, 15) is 30.0 Å². The van der Waals surface area contributed by atoms with Crippen LogP contribution in [0.1, 0.15) is 60.5 Å². The minimum absolute atomic E-state index is 0.0419. The third kappa shape index (κ3) is 3.43. The summed E-state index contributed by atoms with van der Waals surface area (Å²) in [5.41, 5.74) is 5.01. The molecule has 4 aliphatic rings. The van der Waals surface area contributed by atoms with Crippen LogP contribution in [0.4, 0.5) is 0 Å². The van der Waals surface area contributed by atoms with Gasteiger partial charge in [-0.05, 0) is 63.1 Å². The van der Waals surface area contributed by atoms with Gasteiger partial charge in [0.15, 0.2) is 5.78 Å². The molecule has 1 aliphatic heterocycles. The van der Waals surface area contributed by atoms with Gasteiger partial charge in [0, 0.05) is 24.1 Å². The van der Waals surface area contributed by atoms with Crippen LogP contribution in [0.3, 0.4) is 0 Å². The Labute approximate surface area is 198 Å². The van der Waals surface area contributed by atoms with Crippen LogP contribution in [0, 0.1) is 17.8 Å². The van der Waals surface area contributed by atoms with E-state index in [4.69, 9.17) is 5.73 Å². The van der Waals surface area contributed by atoms with Gasteiger partial charge < -0.3 is 26.2 Å². The van der Waals surface area contributed by atoms with Crippen LogP contribution in [0.15, 0.2) is 34.8 Å². The Kier molecular flexibility index (Phi) is 5.48. The number of carbonyl (C=O) groups excluding carboxylic acids is 2. The van der Waals surface area contributed by atoms with E-state index >= 15 is 0 Å². The number of allylic oxidation sites excluding steroid dienone is 2. The lowest BCUT2D eigenvalue weighted by Gasteiger charge is -2.48. The summed E-state index contributed by atoms with van der Waals surface area (Å²) in [5, 5.41) is 44.0. The number of fused-ring (bicyclic) bond motifs is 3. The van der Waals surface area contributed by atoms with Gasteiger partial charge >= 0.3 is 0 Å². The number of nitrogens with two attached hydrogens (primary N) is 1. The highest BCUT2D eigenvalue weighted by molar-refractivity contribution is 6.13. The fourth-order valence-electron chi connectivity index (χ4n) is 6.81. The normalized spacial score (nSPS) is 31.7. The van der Waals surface area contributed by atoms with E-state index in [2.05, 4.69) is 4.90 Å². The third-order valence-corrected chi connectivity index (χ3v) is 8.27. The number of amides is 1. The average Bonchev–Trinajstić information content (AvgIpc) is 2.75. The molecule has 6 N–H and O–H groups in total. The van der Waals surface area contributed by atoms with E-state index in [0.29, 0.717) is 24.9 Å². The number of aliphatic hydroxyl groups excluding tert-OH is 2. The minimum atomic E-state index is -1.92. The Morgan fingerprint density at radius 2 is 1.85 bits per heavy atom. The first-order valence-corrected chi connectivity index (χ1v) is 12.1. The number of phenols is 1. The zero-order valence-electron chi connectivity index (χ0n) is 19.4. The quantitative estimate of drug-likeness (QED) is 0.459. The number of benzene rings is 1. The number of hydrogen-bond donors (Lipinski definition) is 5. The number of hydrogen-bond acceptors (Lipinski definition) is 7. The summed E-state index contributed by atoms with van der Waals surface area (Å²) >= 11 is 0. The molecule has 1 amide bonds. The number of piperidine rings is 1. The van der Waals surface area contributed by atoms with Crippen molar-refractivity contribution in [2.75, 3.05) is 13.1 Å². The average molecular weight is 469 g/mol. The van der Waals surface area contributed by atoms with E-state index in [1.807, 2.05) is 12.1 Å². The van der Waals surface area contributed by atoms with Crippen molar-refractivity contribution in [2.24, 2.45) is 23.5 Å². The number of likely N-dealkylation sites (tertiary alicyclic amines) is 1. The van der Waals surface area contributed by atoms with Crippen LogP contribution in [-0.2, 0) is 17.8 Å². The van der Waals surface area contributed by atoms with Crippen LogP contribution < -0.4 is 5.73 Å². The standard InChI is InChI=1S/C26H32N2O6/c1-26(34)20-16(11-17(29)21(26)25(27)33)10-15-9-13-5-6-14(12-28-7-3-2-4-8-28)22(30)18(13)23(31)19(15)24(20)32/h5-6,15-16,20,29-30,32,34H,2-4,7-12H2,1H3,(H2,27,33). The summed E-state index contributed by atoms with van der Waals surface area (Å²) in [6.07, 6.45) is 4.46. The number of nitrogens with zero attached hydrogens (tertiary/aromatic N) is 1. The highest BCUT2D eigenvalue weighted by atomic mass is 16.3. The van der Waals surface area contributed by atoms with Crippen LogP contribution in [0.25, 0.3) is 0 Å². The van der Waals surface area contributed by atoms with Gasteiger partial charge in [0.2, 0.25) is 0 Å². The zero-order valence-corrected chi connectivity index (χ0v) is 19.4. The first kappa shape index (κ1) is 22.9. The molecule has 0 radical (unpaired) electrons. The van der Waals surface area contributed by atoms with Crippen molar-refractivity contribution in [1.29, 1.82) is 0 Å². The molecule has 8 heteroatoms. The molecule has 182 valence electrons. The van der Waals surface area contributed by atoms with Gasteiger partial charge in [-0.2, -0.15) is 0 Å². The molecule has 1 aromatic rings. The second-order valence-corrected chi connectivity index (χ2v) is 10.5. The summed E-state index contributed by atoms with van der Waals surface area (Å²) in [6, 6.07) is 3.78. The molecule has 1 saturated heterocycles. The van der Waals surface area contributed by atoms with Gasteiger partial charge in [-0.1, -0.05) is 18.6 Å². The van der Waals surface area contributed by atoms with E-state index in [0.717, 1.165) is 31.5 Å². The van der Waals surface area contributed by atoms with E-state index in [-0.39, 0.29) is 52.2 Å². The highest BCUT2D eigenvalue weighted by Crippen LogP contribution is 2.53. The topological polar surface area (TPSA) is 144 Å². The molecular weight excluding hydrogens is 436 g/mol. The second-order valence-electron chi connectivity index (χ2n) is 10.5. The smallest absolute Gasteiger partial charge is 0.250 e. The summed E-state index contributed by atoms with van der Waals surface area (Å²) in [5.74, 6) is -3.57. The molecule has 34 heavy (non-hydrogen) atoms.